The van der Waals surface area contributed by atoms with Gasteiger partial charge >= 0.3 is 5.97 Å². The van der Waals surface area contributed by atoms with Crippen molar-refractivity contribution in [2.24, 2.45) is 5.92 Å². The number of hydrogen-bond donors (Lipinski definition) is 2. The smallest absolute Gasteiger partial charge is 0.305 e. The molecule has 114 valence electrons. The molecule has 1 aromatic carbocycles. The molecule has 7 nitrogen and oxygen atoms in total. The molecule has 1 unspecified atom stereocenters. The average Bonchev–Trinajstić information content (AvgIpc) is 2.36. The second-order valence-corrected chi connectivity index (χ2v) is 5.15. The van der Waals surface area contributed by atoms with Crippen molar-refractivity contribution in [1.29, 1.82) is 0 Å². The number of nitrogens with one attached hydrogen (secondary N) is 1. The number of rotatable bonds is 6. The lowest BCUT2D eigenvalue weighted by Gasteiger charge is -2.21. The second kappa shape index (κ2) is 6.83. The van der Waals surface area contributed by atoms with Crippen LogP contribution in [0.1, 0.15) is 36.2 Å². The van der Waals surface area contributed by atoms with Crippen LogP contribution < -0.4 is 5.32 Å². The number of carbonyl (C=O) groups excluding carboxylic acids is 1. The molecule has 0 aliphatic heterocycles. The Morgan fingerprint density at radius 3 is 2.48 bits per heavy atom. The number of nitrogens with zero attached hydrogens (tertiary/aromatic N) is 1. The highest BCUT2D eigenvalue weighted by molar-refractivity contribution is 5.99. The van der Waals surface area contributed by atoms with E-state index in [1.54, 1.807) is 26.8 Å². The van der Waals surface area contributed by atoms with Crippen LogP contribution in [0.25, 0.3) is 0 Å². The van der Waals surface area contributed by atoms with Crippen LogP contribution in [0.4, 0.5) is 5.69 Å². The van der Waals surface area contributed by atoms with Gasteiger partial charge in [0.15, 0.2) is 0 Å². The fourth-order valence-electron chi connectivity index (χ4n) is 1.98. The molecule has 1 atom stereocenters. The lowest BCUT2D eigenvalue weighted by atomic mass is 9.99. The van der Waals surface area contributed by atoms with Crippen molar-refractivity contribution in [2.75, 3.05) is 0 Å². The van der Waals surface area contributed by atoms with Gasteiger partial charge < -0.3 is 10.4 Å². The highest BCUT2D eigenvalue weighted by atomic mass is 16.6. The first-order valence-corrected chi connectivity index (χ1v) is 6.50. The van der Waals surface area contributed by atoms with Gasteiger partial charge in [-0.25, -0.2) is 0 Å². The number of hydrogen-bond acceptors (Lipinski definition) is 4. The molecule has 1 rings (SSSR count). The molecule has 1 amide bonds. The second-order valence-electron chi connectivity index (χ2n) is 5.15. The summed E-state index contributed by atoms with van der Waals surface area (Å²) in [5.41, 5.74) is 0.156. The Balaban J connectivity index is 3.08. The first kappa shape index (κ1) is 16.6. The van der Waals surface area contributed by atoms with Gasteiger partial charge in [-0.1, -0.05) is 26.0 Å². The minimum Gasteiger partial charge on any atom is -0.481 e. The van der Waals surface area contributed by atoms with E-state index in [-0.39, 0.29) is 23.6 Å². The summed E-state index contributed by atoms with van der Waals surface area (Å²) in [6.07, 6.45) is -0.233. The zero-order chi connectivity index (χ0) is 16.2. The Morgan fingerprint density at radius 1 is 1.38 bits per heavy atom. The van der Waals surface area contributed by atoms with E-state index in [1.165, 1.54) is 12.1 Å². The zero-order valence-corrected chi connectivity index (χ0v) is 12.1. The topological polar surface area (TPSA) is 110 Å². The molecule has 0 aliphatic carbocycles. The molecule has 7 heteroatoms. The van der Waals surface area contributed by atoms with Crippen molar-refractivity contribution < 1.29 is 19.6 Å². The summed E-state index contributed by atoms with van der Waals surface area (Å²) >= 11 is 0. The summed E-state index contributed by atoms with van der Waals surface area (Å²) in [6.45, 7) is 5.16. The third kappa shape index (κ3) is 4.27. The number of aliphatic carboxylic acids is 1. The van der Waals surface area contributed by atoms with Crippen molar-refractivity contribution in [3.8, 4) is 0 Å². The number of carboxylic acids is 1. The molecule has 0 fully saturated rings. The highest BCUT2D eigenvalue weighted by Crippen LogP contribution is 2.22. The number of nitro groups is 1. The minimum atomic E-state index is -1.03. The summed E-state index contributed by atoms with van der Waals surface area (Å²) in [5, 5.41) is 22.4. The Labute approximate surface area is 122 Å². The van der Waals surface area contributed by atoms with Gasteiger partial charge in [-0.15, -0.1) is 0 Å². The Morgan fingerprint density at radius 2 is 2.00 bits per heavy atom. The molecular formula is C14H18N2O5. The lowest BCUT2D eigenvalue weighted by molar-refractivity contribution is -0.385. The number of carboxylic acid groups (broad SMARTS) is 1. The third-order valence-corrected chi connectivity index (χ3v) is 3.19. The molecule has 0 saturated carbocycles. The maximum atomic E-state index is 12.3. The molecule has 0 saturated heterocycles. The standard InChI is InChI=1S/C14H18N2O5/c1-8(2)10(7-12(17)18)15-14(19)13-9(3)5-4-6-11(13)16(20)21/h4-6,8,10H,7H2,1-3H3,(H,15,19)(H,17,18). The molecular weight excluding hydrogens is 276 g/mol. The quantitative estimate of drug-likeness (QED) is 0.617. The first-order chi connectivity index (χ1) is 9.73. The van der Waals surface area contributed by atoms with Gasteiger partial charge in [-0.3, -0.25) is 19.7 Å². The van der Waals surface area contributed by atoms with Crippen LogP contribution in [0.15, 0.2) is 18.2 Å². The minimum absolute atomic E-state index is 0.0291. The largest absolute Gasteiger partial charge is 0.481 e. The van der Waals surface area contributed by atoms with Crippen molar-refractivity contribution in [3.05, 3.63) is 39.4 Å². The van der Waals surface area contributed by atoms with Crippen LogP contribution in [0, 0.1) is 23.0 Å². The molecule has 0 aliphatic rings. The fourth-order valence-corrected chi connectivity index (χ4v) is 1.98. The molecule has 0 heterocycles. The summed E-state index contributed by atoms with van der Waals surface area (Å²) in [6, 6.07) is 3.77. The number of amides is 1. The average molecular weight is 294 g/mol. The van der Waals surface area contributed by atoms with E-state index < -0.39 is 22.8 Å². The highest BCUT2D eigenvalue weighted by Gasteiger charge is 2.26. The maximum absolute atomic E-state index is 12.3. The van der Waals surface area contributed by atoms with E-state index in [4.69, 9.17) is 5.11 Å². The Hall–Kier alpha value is -2.44. The number of carbonyl (C=O) groups is 2. The van der Waals surface area contributed by atoms with Crippen LogP contribution in [0.5, 0.6) is 0 Å². The van der Waals surface area contributed by atoms with Gasteiger partial charge in [0.05, 0.1) is 11.3 Å². The van der Waals surface area contributed by atoms with Crippen LogP contribution >= 0.6 is 0 Å². The van der Waals surface area contributed by atoms with Gasteiger partial charge in [0.25, 0.3) is 11.6 Å². The predicted molar refractivity (Wildman–Crippen MR) is 76.2 cm³/mol. The summed E-state index contributed by atoms with van der Waals surface area (Å²) < 4.78 is 0. The van der Waals surface area contributed by atoms with E-state index >= 15 is 0 Å². The van der Waals surface area contributed by atoms with Crippen molar-refractivity contribution in [2.45, 2.75) is 33.2 Å². The molecule has 0 bridgehead atoms. The number of aryl methyl sites for hydroxylation is 1. The monoisotopic (exact) mass is 294 g/mol. The number of benzene rings is 1. The normalized spacial score (nSPS) is 12.0. The third-order valence-electron chi connectivity index (χ3n) is 3.19. The van der Waals surface area contributed by atoms with Crippen LogP contribution in [0.3, 0.4) is 0 Å². The maximum Gasteiger partial charge on any atom is 0.305 e. The van der Waals surface area contributed by atoms with Crippen LogP contribution in [-0.2, 0) is 4.79 Å². The van der Waals surface area contributed by atoms with Gasteiger partial charge in [0.2, 0.25) is 0 Å². The molecule has 2 N–H and O–H groups in total. The number of nitro benzene ring substituents is 1. The van der Waals surface area contributed by atoms with E-state index in [1.807, 2.05) is 0 Å². The SMILES string of the molecule is Cc1cccc([N+](=O)[O-])c1C(=O)NC(CC(=O)O)C(C)C. The van der Waals surface area contributed by atoms with Gasteiger partial charge in [0, 0.05) is 12.1 Å². The van der Waals surface area contributed by atoms with E-state index in [0.29, 0.717) is 5.56 Å². The van der Waals surface area contributed by atoms with Gasteiger partial charge in [-0.05, 0) is 18.4 Å². The molecule has 0 aromatic heterocycles. The Kier molecular flexibility index (Phi) is 5.40. The summed E-state index contributed by atoms with van der Waals surface area (Å²) in [5.74, 6) is -1.76. The Bertz CT molecular complexity index is 568. The van der Waals surface area contributed by atoms with Crippen molar-refractivity contribution in [3.63, 3.8) is 0 Å². The van der Waals surface area contributed by atoms with E-state index in [2.05, 4.69) is 5.32 Å². The lowest BCUT2D eigenvalue weighted by Crippen LogP contribution is -2.40. The molecule has 0 spiro atoms. The molecule has 21 heavy (non-hydrogen) atoms. The fraction of sp³-hybridized carbons (Fsp3) is 0.429. The van der Waals surface area contributed by atoms with Crippen molar-refractivity contribution in [1.82, 2.24) is 5.32 Å². The zero-order valence-electron chi connectivity index (χ0n) is 12.1. The summed E-state index contributed by atoms with van der Waals surface area (Å²) in [7, 11) is 0. The van der Waals surface area contributed by atoms with Crippen LogP contribution in [0.2, 0.25) is 0 Å². The summed E-state index contributed by atoms with van der Waals surface area (Å²) in [4.78, 5) is 33.5. The molecule has 0 radical (unpaired) electrons. The van der Waals surface area contributed by atoms with E-state index in [9.17, 15) is 19.7 Å². The van der Waals surface area contributed by atoms with E-state index in [0.717, 1.165) is 0 Å². The predicted octanol–water partition coefficient (Wildman–Crippen LogP) is 2.13. The first-order valence-electron chi connectivity index (χ1n) is 6.50. The van der Waals surface area contributed by atoms with Crippen LogP contribution in [-0.4, -0.2) is 27.9 Å². The van der Waals surface area contributed by atoms with Gasteiger partial charge in [-0.2, -0.15) is 0 Å². The molecule has 1 aromatic rings. The van der Waals surface area contributed by atoms with Crippen molar-refractivity contribution >= 4 is 17.6 Å². The van der Waals surface area contributed by atoms with Gasteiger partial charge in [0.1, 0.15) is 5.56 Å².